The second-order valence-electron chi connectivity index (χ2n) is 4.98. The number of morpholine rings is 1. The van der Waals surface area contributed by atoms with Crippen LogP contribution in [0.3, 0.4) is 0 Å². The van der Waals surface area contributed by atoms with Crippen molar-refractivity contribution in [1.29, 1.82) is 0 Å². The molecule has 5 nitrogen and oxygen atoms in total. The van der Waals surface area contributed by atoms with E-state index < -0.39 is 10.0 Å². The van der Waals surface area contributed by atoms with Crippen molar-refractivity contribution in [3.8, 4) is 0 Å². The van der Waals surface area contributed by atoms with E-state index in [1.165, 1.54) is 0 Å². The van der Waals surface area contributed by atoms with Crippen molar-refractivity contribution in [2.24, 2.45) is 0 Å². The van der Waals surface area contributed by atoms with Crippen LogP contribution in [0.1, 0.15) is 24.5 Å². The summed E-state index contributed by atoms with van der Waals surface area (Å²) in [6.07, 6.45) is 0.753. The summed E-state index contributed by atoms with van der Waals surface area (Å²) in [6.45, 7) is 3.29. The molecule has 1 aromatic carbocycles. The highest BCUT2D eigenvalue weighted by Gasteiger charge is 2.31. The number of sulfonamides is 1. The van der Waals surface area contributed by atoms with E-state index in [1.807, 2.05) is 6.92 Å². The molecule has 1 aliphatic rings. The standard InChI is InChI=1S/C14H21NO4S/c1-2-14-10-19-8-7-15(14)20(17,18)11-13-5-3-12(9-16)4-6-13/h3-6,14,16H,2,7-11H2,1H3. The maximum atomic E-state index is 12.5. The first-order valence-electron chi connectivity index (χ1n) is 6.82. The molecule has 0 amide bonds. The highest BCUT2D eigenvalue weighted by atomic mass is 32.2. The molecule has 2 rings (SSSR count). The van der Waals surface area contributed by atoms with E-state index in [1.54, 1.807) is 28.6 Å². The number of aliphatic hydroxyl groups is 1. The lowest BCUT2D eigenvalue weighted by Crippen LogP contribution is -2.48. The summed E-state index contributed by atoms with van der Waals surface area (Å²) in [4.78, 5) is 0. The number of ether oxygens (including phenoxy) is 1. The molecular weight excluding hydrogens is 278 g/mol. The van der Waals surface area contributed by atoms with Gasteiger partial charge in [-0.1, -0.05) is 31.2 Å². The third-order valence-electron chi connectivity index (χ3n) is 3.56. The van der Waals surface area contributed by atoms with E-state index in [0.29, 0.717) is 19.8 Å². The molecule has 0 aliphatic carbocycles. The Morgan fingerprint density at radius 3 is 2.55 bits per heavy atom. The molecule has 1 N–H and O–H groups in total. The fourth-order valence-electron chi connectivity index (χ4n) is 2.36. The summed E-state index contributed by atoms with van der Waals surface area (Å²) < 4.78 is 31.9. The number of nitrogens with zero attached hydrogens (tertiary/aromatic N) is 1. The van der Waals surface area contributed by atoms with Crippen LogP contribution in [0.5, 0.6) is 0 Å². The summed E-state index contributed by atoms with van der Waals surface area (Å²) in [5.41, 5.74) is 1.52. The van der Waals surface area contributed by atoms with Crippen molar-refractivity contribution < 1.29 is 18.3 Å². The van der Waals surface area contributed by atoms with Crippen LogP contribution in [0.2, 0.25) is 0 Å². The molecular formula is C14H21NO4S. The molecule has 20 heavy (non-hydrogen) atoms. The first kappa shape index (κ1) is 15.4. The minimum Gasteiger partial charge on any atom is -0.392 e. The van der Waals surface area contributed by atoms with Gasteiger partial charge in [-0.05, 0) is 17.5 Å². The lowest BCUT2D eigenvalue weighted by atomic mass is 10.2. The molecule has 1 heterocycles. The Labute approximate surface area is 120 Å². The van der Waals surface area contributed by atoms with E-state index in [0.717, 1.165) is 17.5 Å². The van der Waals surface area contributed by atoms with Gasteiger partial charge in [0, 0.05) is 12.6 Å². The molecule has 0 saturated carbocycles. The zero-order valence-corrected chi connectivity index (χ0v) is 12.5. The van der Waals surface area contributed by atoms with Crippen LogP contribution in [-0.4, -0.2) is 43.6 Å². The van der Waals surface area contributed by atoms with Gasteiger partial charge in [0.15, 0.2) is 0 Å². The fraction of sp³-hybridized carbons (Fsp3) is 0.571. The summed E-state index contributed by atoms with van der Waals surface area (Å²) in [6, 6.07) is 6.95. The van der Waals surface area contributed by atoms with Gasteiger partial charge >= 0.3 is 0 Å². The zero-order valence-electron chi connectivity index (χ0n) is 11.7. The van der Waals surface area contributed by atoms with Crippen molar-refractivity contribution in [3.05, 3.63) is 35.4 Å². The average Bonchev–Trinajstić information content (AvgIpc) is 2.47. The van der Waals surface area contributed by atoms with Crippen LogP contribution < -0.4 is 0 Å². The van der Waals surface area contributed by atoms with E-state index in [9.17, 15) is 8.42 Å². The smallest absolute Gasteiger partial charge is 0.218 e. The van der Waals surface area contributed by atoms with Crippen molar-refractivity contribution in [2.45, 2.75) is 31.7 Å². The molecule has 0 bridgehead atoms. The third-order valence-corrected chi connectivity index (χ3v) is 5.45. The van der Waals surface area contributed by atoms with Crippen molar-refractivity contribution in [3.63, 3.8) is 0 Å². The van der Waals surface area contributed by atoms with Crippen LogP contribution in [0.4, 0.5) is 0 Å². The average molecular weight is 299 g/mol. The molecule has 1 atom stereocenters. The van der Waals surface area contributed by atoms with Crippen LogP contribution in [0, 0.1) is 0 Å². The Hall–Kier alpha value is -0.950. The van der Waals surface area contributed by atoms with Gasteiger partial charge in [-0.2, -0.15) is 4.31 Å². The minimum atomic E-state index is -3.33. The summed E-state index contributed by atoms with van der Waals surface area (Å²) in [7, 11) is -3.33. The monoisotopic (exact) mass is 299 g/mol. The van der Waals surface area contributed by atoms with E-state index in [2.05, 4.69) is 0 Å². The number of hydrogen-bond acceptors (Lipinski definition) is 4. The van der Waals surface area contributed by atoms with Gasteiger partial charge in [0.1, 0.15) is 0 Å². The maximum Gasteiger partial charge on any atom is 0.218 e. The number of aliphatic hydroxyl groups excluding tert-OH is 1. The van der Waals surface area contributed by atoms with Gasteiger partial charge in [-0.15, -0.1) is 0 Å². The van der Waals surface area contributed by atoms with E-state index in [-0.39, 0.29) is 18.4 Å². The zero-order chi connectivity index (χ0) is 14.6. The van der Waals surface area contributed by atoms with Crippen LogP contribution in [-0.2, 0) is 27.1 Å². The topological polar surface area (TPSA) is 66.8 Å². The molecule has 1 unspecified atom stereocenters. The lowest BCUT2D eigenvalue weighted by Gasteiger charge is -2.34. The number of rotatable bonds is 5. The Morgan fingerprint density at radius 1 is 1.30 bits per heavy atom. The second kappa shape index (κ2) is 6.67. The van der Waals surface area contributed by atoms with E-state index >= 15 is 0 Å². The number of benzene rings is 1. The van der Waals surface area contributed by atoms with Crippen molar-refractivity contribution >= 4 is 10.0 Å². The molecule has 1 aliphatic heterocycles. The first-order valence-corrected chi connectivity index (χ1v) is 8.43. The van der Waals surface area contributed by atoms with Gasteiger partial charge < -0.3 is 9.84 Å². The molecule has 0 spiro atoms. The first-order chi connectivity index (χ1) is 9.56. The van der Waals surface area contributed by atoms with Gasteiger partial charge in [0.25, 0.3) is 0 Å². The van der Waals surface area contributed by atoms with Crippen molar-refractivity contribution in [1.82, 2.24) is 4.31 Å². The molecule has 1 fully saturated rings. The fourth-order valence-corrected chi connectivity index (χ4v) is 4.16. The van der Waals surface area contributed by atoms with Crippen molar-refractivity contribution in [2.75, 3.05) is 19.8 Å². The van der Waals surface area contributed by atoms with Gasteiger partial charge in [-0.25, -0.2) is 8.42 Å². The molecule has 0 aromatic heterocycles. The molecule has 112 valence electrons. The number of hydrogen-bond donors (Lipinski definition) is 1. The normalized spacial score (nSPS) is 21.0. The Balaban J connectivity index is 2.12. The van der Waals surface area contributed by atoms with Gasteiger partial charge in [0.05, 0.1) is 25.6 Å². The lowest BCUT2D eigenvalue weighted by molar-refractivity contribution is 0.0313. The largest absolute Gasteiger partial charge is 0.392 e. The highest BCUT2D eigenvalue weighted by molar-refractivity contribution is 7.88. The Kier molecular flexibility index (Phi) is 5.15. The van der Waals surface area contributed by atoms with Crippen LogP contribution in [0.25, 0.3) is 0 Å². The molecule has 1 saturated heterocycles. The predicted octanol–water partition coefficient (Wildman–Crippen LogP) is 1.12. The van der Waals surface area contributed by atoms with Gasteiger partial charge in [0.2, 0.25) is 10.0 Å². The summed E-state index contributed by atoms with van der Waals surface area (Å²) in [5.74, 6) is -0.00475. The summed E-state index contributed by atoms with van der Waals surface area (Å²) >= 11 is 0. The van der Waals surface area contributed by atoms with E-state index in [4.69, 9.17) is 9.84 Å². The van der Waals surface area contributed by atoms with Crippen LogP contribution in [0.15, 0.2) is 24.3 Å². The molecule has 6 heteroatoms. The minimum absolute atomic E-state index is 0.00475. The quantitative estimate of drug-likeness (QED) is 0.885. The predicted molar refractivity (Wildman–Crippen MR) is 76.6 cm³/mol. The second-order valence-corrected chi connectivity index (χ2v) is 6.90. The third kappa shape index (κ3) is 3.58. The summed E-state index contributed by atoms with van der Waals surface area (Å²) in [5, 5.41) is 8.99. The molecule has 0 radical (unpaired) electrons. The van der Waals surface area contributed by atoms with Gasteiger partial charge in [-0.3, -0.25) is 0 Å². The maximum absolute atomic E-state index is 12.5. The molecule has 1 aromatic rings. The Morgan fingerprint density at radius 2 is 1.95 bits per heavy atom. The van der Waals surface area contributed by atoms with Crippen LogP contribution >= 0.6 is 0 Å². The SMILES string of the molecule is CCC1COCCN1S(=O)(=O)Cc1ccc(CO)cc1. The Bertz CT molecular complexity index is 527. The highest BCUT2D eigenvalue weighted by Crippen LogP contribution is 2.19.